The van der Waals surface area contributed by atoms with E-state index >= 15 is 0 Å². The Morgan fingerprint density at radius 2 is 1.41 bits per heavy atom. The van der Waals surface area contributed by atoms with Crippen molar-refractivity contribution in [2.75, 3.05) is 19.7 Å². The van der Waals surface area contributed by atoms with Crippen molar-refractivity contribution in [3.8, 4) is 16.9 Å². The largest absolute Gasteiger partial charge is 0.493 e. The second-order valence-electron chi connectivity index (χ2n) is 7.52. The molecule has 1 N–H and O–H groups in total. The van der Waals surface area contributed by atoms with Crippen molar-refractivity contribution < 1.29 is 4.74 Å². The highest BCUT2D eigenvalue weighted by atomic mass is 16.5. The van der Waals surface area contributed by atoms with Crippen molar-refractivity contribution in [2.45, 2.75) is 66.2 Å². The summed E-state index contributed by atoms with van der Waals surface area (Å²) >= 11 is 0. The van der Waals surface area contributed by atoms with Gasteiger partial charge in [0.25, 0.3) is 0 Å². The first kappa shape index (κ1) is 21.5. The summed E-state index contributed by atoms with van der Waals surface area (Å²) in [4.78, 5) is 0. The third-order valence-electron chi connectivity index (χ3n) is 5.29. The van der Waals surface area contributed by atoms with Crippen LogP contribution in [0.2, 0.25) is 0 Å². The minimum atomic E-state index is 0.814. The topological polar surface area (TPSA) is 21.3 Å². The SMILES string of the molecule is CCNCCCCCCCCOc1cccc(-c2c(C)cccc2C)c1C. The Morgan fingerprint density at radius 1 is 0.778 bits per heavy atom. The van der Waals surface area contributed by atoms with Gasteiger partial charge in [0.2, 0.25) is 0 Å². The Morgan fingerprint density at radius 3 is 2.11 bits per heavy atom. The molecule has 0 aromatic heterocycles. The van der Waals surface area contributed by atoms with Crippen LogP contribution in [0.25, 0.3) is 11.1 Å². The fraction of sp³-hybridized carbons (Fsp3) is 0.520. The summed E-state index contributed by atoms with van der Waals surface area (Å²) in [5.41, 5.74) is 6.54. The summed E-state index contributed by atoms with van der Waals surface area (Å²) in [6.45, 7) is 11.8. The molecule has 0 saturated heterocycles. The molecule has 0 bridgehead atoms. The van der Waals surface area contributed by atoms with Gasteiger partial charge in [-0.25, -0.2) is 0 Å². The number of benzene rings is 2. The van der Waals surface area contributed by atoms with E-state index in [1.54, 1.807) is 0 Å². The van der Waals surface area contributed by atoms with Crippen LogP contribution < -0.4 is 10.1 Å². The van der Waals surface area contributed by atoms with Crippen molar-refractivity contribution in [2.24, 2.45) is 0 Å². The Kier molecular flexibility index (Phi) is 9.41. The average Bonchev–Trinajstić information content (AvgIpc) is 2.65. The molecule has 2 aromatic rings. The Balaban J connectivity index is 1.80. The number of ether oxygens (including phenoxy) is 1. The van der Waals surface area contributed by atoms with Crippen molar-refractivity contribution in [3.05, 3.63) is 53.1 Å². The molecule has 0 atom stereocenters. The first-order chi connectivity index (χ1) is 13.1. The van der Waals surface area contributed by atoms with E-state index in [2.05, 4.69) is 69.4 Å². The van der Waals surface area contributed by atoms with Gasteiger partial charge in [-0.15, -0.1) is 0 Å². The number of unbranched alkanes of at least 4 members (excludes halogenated alkanes) is 5. The normalized spacial score (nSPS) is 11.0. The van der Waals surface area contributed by atoms with Gasteiger partial charge in [-0.1, -0.05) is 62.9 Å². The maximum atomic E-state index is 6.13. The van der Waals surface area contributed by atoms with E-state index in [0.717, 1.165) is 31.9 Å². The number of rotatable bonds is 12. The molecule has 0 aliphatic carbocycles. The van der Waals surface area contributed by atoms with Crippen molar-refractivity contribution in [3.63, 3.8) is 0 Å². The summed E-state index contributed by atoms with van der Waals surface area (Å²) in [7, 11) is 0. The number of hydrogen-bond donors (Lipinski definition) is 1. The van der Waals surface area contributed by atoms with Crippen LogP contribution in [0.15, 0.2) is 36.4 Å². The van der Waals surface area contributed by atoms with Gasteiger partial charge in [0.05, 0.1) is 6.61 Å². The van der Waals surface area contributed by atoms with Crippen LogP contribution in [-0.2, 0) is 0 Å². The third-order valence-corrected chi connectivity index (χ3v) is 5.29. The highest BCUT2D eigenvalue weighted by Crippen LogP contribution is 2.34. The zero-order chi connectivity index (χ0) is 19.5. The van der Waals surface area contributed by atoms with Crippen LogP contribution in [-0.4, -0.2) is 19.7 Å². The van der Waals surface area contributed by atoms with E-state index in [4.69, 9.17) is 4.74 Å². The van der Waals surface area contributed by atoms with Gasteiger partial charge in [0.15, 0.2) is 0 Å². The first-order valence-electron chi connectivity index (χ1n) is 10.6. The first-order valence-corrected chi connectivity index (χ1v) is 10.6. The lowest BCUT2D eigenvalue weighted by Crippen LogP contribution is -2.13. The molecule has 27 heavy (non-hydrogen) atoms. The zero-order valence-electron chi connectivity index (χ0n) is 17.7. The summed E-state index contributed by atoms with van der Waals surface area (Å²) in [5.74, 6) is 1.03. The lowest BCUT2D eigenvalue weighted by Gasteiger charge is -2.16. The van der Waals surface area contributed by atoms with Crippen LogP contribution in [0.1, 0.15) is 62.1 Å². The summed E-state index contributed by atoms with van der Waals surface area (Å²) in [6, 6.07) is 12.9. The molecule has 148 valence electrons. The Labute approximate surface area is 166 Å². The molecular weight excluding hydrogens is 330 g/mol. The van der Waals surface area contributed by atoms with Gasteiger partial charge in [-0.3, -0.25) is 0 Å². The molecule has 0 aliphatic rings. The van der Waals surface area contributed by atoms with Gasteiger partial charge in [0.1, 0.15) is 5.75 Å². The monoisotopic (exact) mass is 367 g/mol. The minimum Gasteiger partial charge on any atom is -0.493 e. The predicted molar refractivity (Wildman–Crippen MR) is 118 cm³/mol. The van der Waals surface area contributed by atoms with Crippen molar-refractivity contribution in [1.82, 2.24) is 5.32 Å². The third kappa shape index (κ3) is 6.70. The maximum Gasteiger partial charge on any atom is 0.122 e. The van der Waals surface area contributed by atoms with E-state index in [-0.39, 0.29) is 0 Å². The number of aryl methyl sites for hydroxylation is 2. The van der Waals surface area contributed by atoms with Crippen LogP contribution in [0.5, 0.6) is 5.75 Å². The van der Waals surface area contributed by atoms with Crippen molar-refractivity contribution in [1.29, 1.82) is 0 Å². The molecule has 2 rings (SSSR count). The molecule has 0 saturated carbocycles. The molecule has 0 heterocycles. The molecular formula is C25H37NO. The second-order valence-corrected chi connectivity index (χ2v) is 7.52. The van der Waals surface area contributed by atoms with Gasteiger partial charge in [-0.05, 0) is 80.6 Å². The standard InChI is InChI=1S/C25H37NO/c1-5-26-18-10-8-6-7-9-11-19-27-24-17-13-16-23(22(24)4)25-20(2)14-12-15-21(25)3/h12-17,26H,5-11,18-19H2,1-4H3. The smallest absolute Gasteiger partial charge is 0.122 e. The molecule has 0 spiro atoms. The predicted octanol–water partition coefficient (Wildman–Crippen LogP) is 6.61. The van der Waals surface area contributed by atoms with E-state index in [1.165, 1.54) is 59.9 Å². The van der Waals surface area contributed by atoms with Gasteiger partial charge >= 0.3 is 0 Å². The zero-order valence-corrected chi connectivity index (χ0v) is 17.7. The van der Waals surface area contributed by atoms with E-state index in [0.29, 0.717) is 0 Å². The molecule has 2 heteroatoms. The van der Waals surface area contributed by atoms with Crippen molar-refractivity contribution >= 4 is 0 Å². The van der Waals surface area contributed by atoms with E-state index in [9.17, 15) is 0 Å². The second kappa shape index (κ2) is 11.8. The lowest BCUT2D eigenvalue weighted by atomic mass is 9.92. The molecule has 0 aliphatic heterocycles. The molecule has 0 unspecified atom stereocenters. The van der Waals surface area contributed by atoms with E-state index < -0.39 is 0 Å². The average molecular weight is 368 g/mol. The number of nitrogens with one attached hydrogen (secondary N) is 1. The van der Waals surface area contributed by atoms with Crippen LogP contribution in [0, 0.1) is 20.8 Å². The van der Waals surface area contributed by atoms with Crippen LogP contribution >= 0.6 is 0 Å². The lowest BCUT2D eigenvalue weighted by molar-refractivity contribution is 0.302. The summed E-state index contributed by atoms with van der Waals surface area (Å²) in [6.07, 6.45) is 7.69. The minimum absolute atomic E-state index is 0.814. The fourth-order valence-electron chi connectivity index (χ4n) is 3.70. The number of hydrogen-bond acceptors (Lipinski definition) is 2. The quantitative estimate of drug-likeness (QED) is 0.426. The highest BCUT2D eigenvalue weighted by molar-refractivity contribution is 5.75. The molecule has 0 amide bonds. The summed E-state index contributed by atoms with van der Waals surface area (Å²) < 4.78 is 6.13. The Bertz CT molecular complexity index is 672. The van der Waals surface area contributed by atoms with Gasteiger partial charge in [0, 0.05) is 0 Å². The summed E-state index contributed by atoms with van der Waals surface area (Å²) in [5, 5.41) is 3.39. The molecule has 2 nitrogen and oxygen atoms in total. The van der Waals surface area contributed by atoms with E-state index in [1.807, 2.05) is 0 Å². The highest BCUT2D eigenvalue weighted by Gasteiger charge is 2.11. The van der Waals surface area contributed by atoms with Crippen LogP contribution in [0.3, 0.4) is 0 Å². The van der Waals surface area contributed by atoms with Crippen LogP contribution in [0.4, 0.5) is 0 Å². The maximum absolute atomic E-state index is 6.13. The van der Waals surface area contributed by atoms with Gasteiger partial charge < -0.3 is 10.1 Å². The molecule has 0 radical (unpaired) electrons. The molecule has 2 aromatic carbocycles. The molecule has 0 fully saturated rings. The fourth-order valence-corrected chi connectivity index (χ4v) is 3.70. The van der Waals surface area contributed by atoms with Gasteiger partial charge in [-0.2, -0.15) is 0 Å². The Hall–Kier alpha value is -1.80.